The van der Waals surface area contributed by atoms with Gasteiger partial charge in [-0.25, -0.2) is 0 Å². The largest absolute Gasteiger partial charge is 0.508 e. The molecular weight excluding hydrogens is 190 g/mol. The lowest BCUT2D eigenvalue weighted by molar-refractivity contribution is 0.0460. The molecule has 0 aliphatic carbocycles. The van der Waals surface area contributed by atoms with E-state index in [-0.39, 0.29) is 11.3 Å². The molecule has 1 heterocycles. The molecule has 2 N–H and O–H groups in total. The van der Waals surface area contributed by atoms with Crippen LogP contribution in [0, 0.1) is 0 Å². The van der Waals surface area contributed by atoms with Crippen molar-refractivity contribution in [3.8, 4) is 5.75 Å². The number of nitrogens with zero attached hydrogens (tertiary/aromatic N) is 1. The van der Waals surface area contributed by atoms with Gasteiger partial charge < -0.3 is 10.2 Å². The Labute approximate surface area is 90.0 Å². The van der Waals surface area contributed by atoms with Crippen molar-refractivity contribution >= 4 is 0 Å². The number of aliphatic hydroxyl groups excluding tert-OH is 1. The van der Waals surface area contributed by atoms with Crippen molar-refractivity contribution < 1.29 is 10.2 Å². The first-order chi connectivity index (χ1) is 6.93. The minimum absolute atomic E-state index is 0.0950. The fourth-order valence-corrected chi connectivity index (χ4v) is 2.17. The minimum Gasteiger partial charge on any atom is -0.508 e. The van der Waals surface area contributed by atoms with E-state index in [1.165, 1.54) is 0 Å². The van der Waals surface area contributed by atoms with Crippen LogP contribution in [0.5, 0.6) is 5.75 Å². The van der Waals surface area contributed by atoms with Crippen molar-refractivity contribution in [2.45, 2.75) is 25.5 Å². The van der Waals surface area contributed by atoms with Crippen LogP contribution >= 0.6 is 0 Å². The molecule has 1 aromatic carbocycles. The van der Waals surface area contributed by atoms with Gasteiger partial charge in [-0.05, 0) is 44.2 Å². The zero-order chi connectivity index (χ0) is 11.2. The fourth-order valence-electron chi connectivity index (χ4n) is 2.17. The van der Waals surface area contributed by atoms with Gasteiger partial charge in [-0.2, -0.15) is 0 Å². The number of aliphatic hydroxyl groups is 1. The molecule has 1 aliphatic heterocycles. The van der Waals surface area contributed by atoms with Gasteiger partial charge in [0.15, 0.2) is 0 Å². The van der Waals surface area contributed by atoms with E-state index in [2.05, 4.69) is 18.7 Å². The lowest BCUT2D eigenvalue weighted by Crippen LogP contribution is -2.45. The zero-order valence-corrected chi connectivity index (χ0v) is 9.36. The van der Waals surface area contributed by atoms with Crippen LogP contribution < -0.4 is 0 Å². The summed E-state index contributed by atoms with van der Waals surface area (Å²) < 4.78 is 0. The van der Waals surface area contributed by atoms with Crippen LogP contribution in [0.25, 0.3) is 0 Å². The highest BCUT2D eigenvalue weighted by molar-refractivity contribution is 5.41. The van der Waals surface area contributed by atoms with Crippen LogP contribution in [0.2, 0.25) is 0 Å². The Morgan fingerprint density at radius 2 is 2.07 bits per heavy atom. The van der Waals surface area contributed by atoms with Crippen LogP contribution in [0.4, 0.5) is 0 Å². The summed E-state index contributed by atoms with van der Waals surface area (Å²) >= 11 is 0. The quantitative estimate of drug-likeness (QED) is 0.679. The Balaban J connectivity index is 2.59. The molecule has 0 aromatic heterocycles. The van der Waals surface area contributed by atoms with Crippen molar-refractivity contribution in [1.29, 1.82) is 0 Å². The van der Waals surface area contributed by atoms with Gasteiger partial charge in [-0.15, -0.1) is 0 Å². The van der Waals surface area contributed by atoms with E-state index in [0.29, 0.717) is 6.54 Å². The second-order valence-electron chi connectivity index (χ2n) is 4.73. The van der Waals surface area contributed by atoms with Crippen molar-refractivity contribution in [2.24, 2.45) is 0 Å². The van der Waals surface area contributed by atoms with E-state index in [0.717, 1.165) is 11.1 Å². The molecule has 1 atom stereocenters. The first-order valence-electron chi connectivity index (χ1n) is 5.15. The summed E-state index contributed by atoms with van der Waals surface area (Å²) in [6.45, 7) is 4.84. The standard InChI is InChI=1S/C12H17NO2/c1-12(2)10-5-4-8(14)6-9(10)11(15)7-13(12)3/h4-6,11,14-15H,7H2,1-3H3. The van der Waals surface area contributed by atoms with Gasteiger partial charge in [0.1, 0.15) is 5.75 Å². The molecular formula is C12H17NO2. The summed E-state index contributed by atoms with van der Waals surface area (Å²) in [5.41, 5.74) is 1.84. The number of benzene rings is 1. The van der Waals surface area contributed by atoms with Crippen LogP contribution in [0.3, 0.4) is 0 Å². The van der Waals surface area contributed by atoms with Gasteiger partial charge in [-0.1, -0.05) is 6.07 Å². The molecule has 1 aromatic rings. The molecule has 3 nitrogen and oxygen atoms in total. The molecule has 0 saturated carbocycles. The molecule has 0 saturated heterocycles. The first kappa shape index (κ1) is 10.5. The molecule has 0 spiro atoms. The van der Waals surface area contributed by atoms with Crippen molar-refractivity contribution in [3.63, 3.8) is 0 Å². The van der Waals surface area contributed by atoms with E-state index in [1.807, 2.05) is 13.1 Å². The van der Waals surface area contributed by atoms with Crippen LogP contribution in [-0.2, 0) is 5.54 Å². The van der Waals surface area contributed by atoms with E-state index >= 15 is 0 Å². The molecule has 0 bridgehead atoms. The Hall–Kier alpha value is -1.06. The summed E-state index contributed by atoms with van der Waals surface area (Å²) in [6, 6.07) is 5.23. The first-order valence-corrected chi connectivity index (χ1v) is 5.15. The lowest BCUT2D eigenvalue weighted by atomic mass is 9.82. The number of β-amino-alcohol motifs (C(OH)–C–C–N with tert-alkyl or cyclic N) is 1. The third-order valence-corrected chi connectivity index (χ3v) is 3.45. The SMILES string of the molecule is CN1CC(O)c2cc(O)ccc2C1(C)C. The van der Waals surface area contributed by atoms with E-state index in [1.54, 1.807) is 12.1 Å². The summed E-state index contributed by atoms with van der Waals surface area (Å²) in [7, 11) is 2.00. The van der Waals surface area contributed by atoms with Crippen LogP contribution in [-0.4, -0.2) is 28.7 Å². The molecule has 0 amide bonds. The third kappa shape index (κ3) is 1.52. The summed E-state index contributed by atoms with van der Waals surface area (Å²) in [6.07, 6.45) is -0.509. The van der Waals surface area contributed by atoms with Gasteiger partial charge in [0, 0.05) is 12.1 Å². The lowest BCUT2D eigenvalue weighted by Gasteiger charge is -2.43. The maximum Gasteiger partial charge on any atom is 0.115 e. The number of fused-ring (bicyclic) bond motifs is 1. The smallest absolute Gasteiger partial charge is 0.115 e. The van der Waals surface area contributed by atoms with Gasteiger partial charge in [0.25, 0.3) is 0 Å². The van der Waals surface area contributed by atoms with Gasteiger partial charge in [-0.3, -0.25) is 4.90 Å². The number of likely N-dealkylation sites (N-methyl/N-ethyl adjacent to an activating group) is 1. The molecule has 15 heavy (non-hydrogen) atoms. The number of hydrogen-bond donors (Lipinski definition) is 2. The fraction of sp³-hybridized carbons (Fsp3) is 0.500. The highest BCUT2D eigenvalue weighted by atomic mass is 16.3. The van der Waals surface area contributed by atoms with Crippen molar-refractivity contribution in [1.82, 2.24) is 4.90 Å². The van der Waals surface area contributed by atoms with Gasteiger partial charge >= 0.3 is 0 Å². The molecule has 3 heteroatoms. The van der Waals surface area contributed by atoms with Crippen molar-refractivity contribution in [3.05, 3.63) is 29.3 Å². The maximum atomic E-state index is 9.94. The van der Waals surface area contributed by atoms with E-state index in [4.69, 9.17) is 0 Å². The Morgan fingerprint density at radius 3 is 2.73 bits per heavy atom. The van der Waals surface area contributed by atoms with E-state index < -0.39 is 6.10 Å². The second-order valence-corrected chi connectivity index (χ2v) is 4.73. The van der Waals surface area contributed by atoms with Crippen LogP contribution in [0.15, 0.2) is 18.2 Å². The minimum atomic E-state index is -0.509. The predicted octanol–water partition coefficient (Wildman–Crippen LogP) is 1.61. The molecule has 1 aliphatic rings. The number of phenolic OH excluding ortho intramolecular Hbond substituents is 1. The predicted molar refractivity (Wildman–Crippen MR) is 58.7 cm³/mol. The molecule has 0 radical (unpaired) electrons. The molecule has 2 rings (SSSR count). The Kier molecular flexibility index (Phi) is 2.24. The van der Waals surface area contributed by atoms with E-state index in [9.17, 15) is 10.2 Å². The average Bonchev–Trinajstić information content (AvgIpc) is 2.15. The molecule has 82 valence electrons. The zero-order valence-electron chi connectivity index (χ0n) is 9.36. The molecule has 1 unspecified atom stereocenters. The summed E-state index contributed by atoms with van der Waals surface area (Å²) in [5.74, 6) is 0.216. The Bertz CT molecular complexity index is 387. The monoisotopic (exact) mass is 207 g/mol. The molecule has 0 fully saturated rings. The van der Waals surface area contributed by atoms with Gasteiger partial charge in [0.05, 0.1) is 6.10 Å². The average molecular weight is 207 g/mol. The normalized spacial score (nSPS) is 24.9. The Morgan fingerprint density at radius 1 is 1.40 bits per heavy atom. The topological polar surface area (TPSA) is 43.7 Å². The number of rotatable bonds is 0. The second kappa shape index (κ2) is 3.22. The number of phenols is 1. The third-order valence-electron chi connectivity index (χ3n) is 3.45. The van der Waals surface area contributed by atoms with Crippen molar-refractivity contribution in [2.75, 3.05) is 13.6 Å². The highest BCUT2D eigenvalue weighted by Crippen LogP contribution is 2.39. The number of aromatic hydroxyl groups is 1. The summed E-state index contributed by atoms with van der Waals surface area (Å²) in [4.78, 5) is 2.12. The summed E-state index contributed by atoms with van der Waals surface area (Å²) in [5, 5.41) is 19.4. The highest BCUT2D eigenvalue weighted by Gasteiger charge is 2.35. The van der Waals surface area contributed by atoms with Crippen LogP contribution in [0.1, 0.15) is 31.1 Å². The number of hydrogen-bond acceptors (Lipinski definition) is 3. The maximum absolute atomic E-state index is 9.94. The van der Waals surface area contributed by atoms with Gasteiger partial charge in [0.2, 0.25) is 0 Å².